The normalized spacial score (nSPS) is 14.1. The lowest BCUT2D eigenvalue weighted by atomic mass is 9.96. The molecule has 0 atom stereocenters. The molecular weight excluding hydrogens is 440 g/mol. The number of hydrogen-bond acceptors (Lipinski definition) is 7. The summed E-state index contributed by atoms with van der Waals surface area (Å²) in [5, 5.41) is 26.6. The summed E-state index contributed by atoms with van der Waals surface area (Å²) in [5.41, 5.74) is 1.09. The van der Waals surface area contributed by atoms with Gasteiger partial charge in [0.15, 0.2) is 11.6 Å². The number of rotatable bonds is 7. The number of aromatic nitrogens is 3. The molecule has 35 heavy (non-hydrogen) atoms. The minimum Gasteiger partial charge on any atom is -0.508 e. The zero-order chi connectivity index (χ0) is 24.0. The number of phenols is 1. The average molecular weight is 469 g/mol. The maximum atomic E-state index is 12.6. The van der Waals surface area contributed by atoms with Gasteiger partial charge in [-0.15, -0.1) is 10.2 Å². The van der Waals surface area contributed by atoms with Crippen LogP contribution in [0.15, 0.2) is 72.9 Å². The molecule has 1 aliphatic rings. The molecule has 2 aromatic carbocycles. The molecule has 0 bridgehead atoms. The quantitative estimate of drug-likeness (QED) is 0.376. The highest BCUT2D eigenvalue weighted by Crippen LogP contribution is 2.25. The summed E-state index contributed by atoms with van der Waals surface area (Å²) in [4.78, 5) is 19.2. The largest absolute Gasteiger partial charge is 0.508 e. The van der Waals surface area contributed by atoms with Gasteiger partial charge in [-0.05, 0) is 60.5 Å². The molecule has 3 N–H and O–H groups in total. The number of fused-ring (bicyclic) bond motifs is 1. The third kappa shape index (κ3) is 5.48. The first-order valence-corrected chi connectivity index (χ1v) is 11.9. The molecular formula is C27H28N6O2. The molecule has 1 saturated heterocycles. The van der Waals surface area contributed by atoms with Gasteiger partial charge in [0.1, 0.15) is 11.6 Å². The smallest absolute Gasteiger partial charge is 0.223 e. The monoisotopic (exact) mass is 468 g/mol. The Labute approximate surface area is 204 Å². The number of phenolic OH excluding ortho intramolecular Hbond substituents is 1. The second-order valence-electron chi connectivity index (χ2n) is 8.75. The van der Waals surface area contributed by atoms with Gasteiger partial charge >= 0.3 is 0 Å². The van der Waals surface area contributed by atoms with Crippen molar-refractivity contribution >= 4 is 34.1 Å². The third-order valence-corrected chi connectivity index (χ3v) is 6.41. The van der Waals surface area contributed by atoms with E-state index in [0.717, 1.165) is 60.3 Å². The topological polar surface area (TPSA) is 103 Å². The van der Waals surface area contributed by atoms with Crippen LogP contribution in [0.25, 0.3) is 10.8 Å². The highest BCUT2D eigenvalue weighted by molar-refractivity contribution is 5.92. The van der Waals surface area contributed by atoms with E-state index in [-0.39, 0.29) is 17.6 Å². The summed E-state index contributed by atoms with van der Waals surface area (Å²) in [7, 11) is 0. The second-order valence-corrected chi connectivity index (χ2v) is 8.75. The fourth-order valence-electron chi connectivity index (χ4n) is 4.41. The fraction of sp³-hybridized carbons (Fsp3) is 0.259. The SMILES string of the molecule is O=C(NCCc1ccc(O)cc1)C1CCN(c2ccc(Nc3nccc4ccccc34)nn2)CC1. The van der Waals surface area contributed by atoms with Gasteiger partial charge < -0.3 is 20.6 Å². The van der Waals surface area contributed by atoms with Crippen molar-refractivity contribution in [2.75, 3.05) is 29.9 Å². The number of benzene rings is 2. The highest BCUT2D eigenvalue weighted by atomic mass is 16.3. The number of carbonyl (C=O) groups excluding carboxylic acids is 1. The molecule has 5 rings (SSSR count). The van der Waals surface area contributed by atoms with E-state index in [1.807, 2.05) is 48.5 Å². The van der Waals surface area contributed by atoms with Gasteiger partial charge in [-0.1, -0.05) is 36.4 Å². The predicted molar refractivity (Wildman–Crippen MR) is 137 cm³/mol. The molecule has 1 fully saturated rings. The molecule has 1 amide bonds. The Hall–Kier alpha value is -4.20. The van der Waals surface area contributed by atoms with Crippen LogP contribution in [0.4, 0.5) is 17.5 Å². The van der Waals surface area contributed by atoms with Crippen LogP contribution in [-0.4, -0.2) is 45.8 Å². The Morgan fingerprint density at radius 1 is 0.971 bits per heavy atom. The molecule has 0 spiro atoms. The number of hydrogen-bond donors (Lipinski definition) is 3. The predicted octanol–water partition coefficient (Wildman–Crippen LogP) is 4.05. The van der Waals surface area contributed by atoms with Crippen molar-refractivity contribution < 1.29 is 9.90 Å². The summed E-state index contributed by atoms with van der Waals surface area (Å²) in [6.45, 7) is 2.13. The molecule has 0 aliphatic carbocycles. The number of piperidine rings is 1. The molecule has 2 aromatic heterocycles. The Balaban J connectivity index is 1.11. The Bertz CT molecular complexity index is 1280. The van der Waals surface area contributed by atoms with Gasteiger partial charge in [-0.3, -0.25) is 4.79 Å². The number of nitrogens with zero attached hydrogens (tertiary/aromatic N) is 4. The molecule has 178 valence electrons. The molecule has 3 heterocycles. The summed E-state index contributed by atoms with van der Waals surface area (Å²) in [6, 6.07) is 21.0. The summed E-state index contributed by atoms with van der Waals surface area (Å²) < 4.78 is 0. The van der Waals surface area contributed by atoms with Crippen molar-refractivity contribution in [3.05, 3.63) is 78.5 Å². The lowest BCUT2D eigenvalue weighted by molar-refractivity contribution is -0.125. The molecule has 0 saturated carbocycles. The first kappa shape index (κ1) is 22.6. The summed E-state index contributed by atoms with van der Waals surface area (Å²) in [6.07, 6.45) is 4.09. The lowest BCUT2D eigenvalue weighted by Gasteiger charge is -2.31. The van der Waals surface area contributed by atoms with Gasteiger partial charge in [0, 0.05) is 37.1 Å². The molecule has 0 radical (unpaired) electrons. The van der Waals surface area contributed by atoms with Crippen molar-refractivity contribution in [3.63, 3.8) is 0 Å². The van der Waals surface area contributed by atoms with Crippen LogP contribution in [0.5, 0.6) is 5.75 Å². The van der Waals surface area contributed by atoms with Crippen molar-refractivity contribution in [3.8, 4) is 5.75 Å². The van der Waals surface area contributed by atoms with E-state index in [0.29, 0.717) is 12.4 Å². The van der Waals surface area contributed by atoms with E-state index < -0.39 is 0 Å². The minimum absolute atomic E-state index is 0.0115. The van der Waals surface area contributed by atoms with E-state index in [1.165, 1.54) is 0 Å². The van der Waals surface area contributed by atoms with Gasteiger partial charge in [0.2, 0.25) is 5.91 Å². The van der Waals surface area contributed by atoms with Crippen LogP contribution >= 0.6 is 0 Å². The number of aromatic hydroxyl groups is 1. The van der Waals surface area contributed by atoms with Crippen molar-refractivity contribution in [2.24, 2.45) is 5.92 Å². The average Bonchev–Trinajstić information content (AvgIpc) is 2.90. The van der Waals surface area contributed by atoms with Crippen LogP contribution in [-0.2, 0) is 11.2 Å². The Morgan fingerprint density at radius 2 is 1.77 bits per heavy atom. The zero-order valence-corrected chi connectivity index (χ0v) is 19.4. The number of pyridine rings is 1. The van der Waals surface area contributed by atoms with E-state index in [4.69, 9.17) is 0 Å². The lowest BCUT2D eigenvalue weighted by Crippen LogP contribution is -2.41. The third-order valence-electron chi connectivity index (χ3n) is 6.41. The van der Waals surface area contributed by atoms with Crippen LogP contribution in [0.2, 0.25) is 0 Å². The minimum atomic E-state index is 0.0115. The molecule has 0 unspecified atom stereocenters. The van der Waals surface area contributed by atoms with E-state index >= 15 is 0 Å². The van der Waals surface area contributed by atoms with Crippen molar-refractivity contribution in [1.82, 2.24) is 20.5 Å². The molecule has 1 aliphatic heterocycles. The standard InChI is InChI=1S/C27H28N6O2/c34-22-7-5-19(6-8-22)11-15-29-27(35)21-13-17-33(18-14-21)25-10-9-24(31-32-25)30-26-23-4-2-1-3-20(23)12-16-28-26/h1-10,12,16,21,34H,11,13-15,17-18H2,(H,29,35)(H,28,30,31). The van der Waals surface area contributed by atoms with Gasteiger partial charge in [0.25, 0.3) is 0 Å². The van der Waals surface area contributed by atoms with E-state index in [9.17, 15) is 9.90 Å². The van der Waals surface area contributed by atoms with Crippen LogP contribution < -0.4 is 15.5 Å². The number of nitrogens with one attached hydrogen (secondary N) is 2. The summed E-state index contributed by atoms with van der Waals surface area (Å²) in [5.74, 6) is 2.58. The Kier molecular flexibility index (Phi) is 6.70. The van der Waals surface area contributed by atoms with Gasteiger partial charge in [-0.2, -0.15) is 0 Å². The van der Waals surface area contributed by atoms with Crippen LogP contribution in [0.3, 0.4) is 0 Å². The van der Waals surface area contributed by atoms with Crippen LogP contribution in [0.1, 0.15) is 18.4 Å². The van der Waals surface area contributed by atoms with Crippen molar-refractivity contribution in [1.29, 1.82) is 0 Å². The maximum absolute atomic E-state index is 12.6. The molecule has 4 aromatic rings. The Morgan fingerprint density at radius 3 is 2.54 bits per heavy atom. The van der Waals surface area contributed by atoms with Crippen molar-refractivity contribution in [2.45, 2.75) is 19.3 Å². The first-order valence-electron chi connectivity index (χ1n) is 11.9. The highest BCUT2D eigenvalue weighted by Gasteiger charge is 2.25. The number of anilines is 3. The van der Waals surface area contributed by atoms with Gasteiger partial charge in [0.05, 0.1) is 0 Å². The zero-order valence-electron chi connectivity index (χ0n) is 19.4. The second kappa shape index (κ2) is 10.4. The van der Waals surface area contributed by atoms with E-state index in [2.05, 4.69) is 36.8 Å². The first-order chi connectivity index (χ1) is 17.2. The fourth-order valence-corrected chi connectivity index (χ4v) is 4.41. The maximum Gasteiger partial charge on any atom is 0.223 e. The van der Waals surface area contributed by atoms with Gasteiger partial charge in [-0.25, -0.2) is 4.98 Å². The number of carbonyl (C=O) groups is 1. The molecule has 8 nitrogen and oxygen atoms in total. The number of amides is 1. The molecule has 8 heteroatoms. The van der Waals surface area contributed by atoms with Crippen LogP contribution in [0, 0.1) is 5.92 Å². The van der Waals surface area contributed by atoms with E-state index in [1.54, 1.807) is 18.3 Å². The summed E-state index contributed by atoms with van der Waals surface area (Å²) >= 11 is 0.